The topological polar surface area (TPSA) is 70.6 Å². The highest BCUT2D eigenvalue weighted by atomic mass is 16.3. The van der Waals surface area contributed by atoms with Gasteiger partial charge in [0.25, 0.3) is 0 Å². The highest BCUT2D eigenvalue weighted by Crippen LogP contribution is 2.44. The van der Waals surface area contributed by atoms with E-state index < -0.39 is 0 Å². The number of hydrogen-bond donors (Lipinski definition) is 0. The van der Waals surface area contributed by atoms with Crippen molar-refractivity contribution in [2.45, 2.75) is 0 Å². The fourth-order valence-corrected chi connectivity index (χ4v) is 7.85. The lowest BCUT2D eigenvalue weighted by Gasteiger charge is -2.18. The molecule has 49 heavy (non-hydrogen) atoms. The highest BCUT2D eigenvalue weighted by Gasteiger charge is 2.24. The molecule has 3 heterocycles. The summed E-state index contributed by atoms with van der Waals surface area (Å²) >= 11 is 0. The van der Waals surface area contributed by atoms with Crippen molar-refractivity contribution in [1.82, 2.24) is 9.13 Å². The summed E-state index contributed by atoms with van der Waals surface area (Å²) in [5.41, 5.74) is 9.76. The van der Waals surface area contributed by atoms with E-state index in [9.17, 15) is 10.5 Å². The number of rotatable bonds is 3. The molecular weight excluding hydrogens is 601 g/mol. The average Bonchev–Trinajstić information content (AvgIpc) is 3.81. The van der Waals surface area contributed by atoms with E-state index in [4.69, 9.17) is 4.42 Å². The predicted octanol–water partition coefficient (Wildman–Crippen LogP) is 11.2. The van der Waals surface area contributed by atoms with Gasteiger partial charge in [-0.25, -0.2) is 0 Å². The zero-order valence-electron chi connectivity index (χ0n) is 26.1. The van der Waals surface area contributed by atoms with Gasteiger partial charge in [-0.15, -0.1) is 0 Å². The van der Waals surface area contributed by atoms with Crippen molar-refractivity contribution < 1.29 is 4.42 Å². The minimum atomic E-state index is 0.440. The lowest BCUT2D eigenvalue weighted by molar-refractivity contribution is 0.669. The molecule has 0 unspecified atom stereocenters. The van der Waals surface area contributed by atoms with Crippen molar-refractivity contribution in [3.63, 3.8) is 0 Å². The first-order chi connectivity index (χ1) is 24.3. The standard InChI is InChI=1S/C44H24N4O/c45-25-27-21-22-28(34(26-46)44(27)48-36-17-7-2-12-30(36)31-13-3-8-18-37(31)48)29-11-1-6-16-35(29)47-38-19-9-4-14-32(38)42-39(47)23-24-41-43(42)33-15-5-10-20-40(33)49-41/h1-24H. The molecule has 10 rings (SSSR count). The van der Waals surface area contributed by atoms with E-state index in [1.54, 1.807) is 0 Å². The summed E-state index contributed by atoms with van der Waals surface area (Å²) in [5, 5.41) is 28.0. The maximum Gasteiger partial charge on any atom is 0.136 e. The number of nitrogens with zero attached hydrogens (tertiary/aromatic N) is 4. The Morgan fingerprint density at radius 3 is 1.76 bits per heavy atom. The van der Waals surface area contributed by atoms with E-state index in [0.717, 1.165) is 82.4 Å². The lowest BCUT2D eigenvalue weighted by atomic mass is 9.94. The monoisotopic (exact) mass is 624 g/mol. The molecule has 7 aromatic carbocycles. The Morgan fingerprint density at radius 2 is 1.04 bits per heavy atom. The Morgan fingerprint density at radius 1 is 0.429 bits per heavy atom. The smallest absolute Gasteiger partial charge is 0.136 e. The minimum absolute atomic E-state index is 0.440. The number of hydrogen-bond acceptors (Lipinski definition) is 3. The molecule has 0 aliphatic carbocycles. The Hall–Kier alpha value is -7.08. The summed E-state index contributed by atoms with van der Waals surface area (Å²) in [6.45, 7) is 0. The minimum Gasteiger partial charge on any atom is -0.456 e. The third-order valence-electron chi connectivity index (χ3n) is 9.83. The van der Waals surface area contributed by atoms with Crippen LogP contribution in [0.25, 0.3) is 88.1 Å². The molecular formula is C44H24N4O. The number of para-hydroxylation sites is 5. The fraction of sp³-hybridized carbons (Fsp3) is 0. The Bertz CT molecular complexity index is 3030. The van der Waals surface area contributed by atoms with Gasteiger partial charge in [0.15, 0.2) is 0 Å². The summed E-state index contributed by atoms with van der Waals surface area (Å²) in [7, 11) is 0. The maximum absolute atomic E-state index is 11.0. The van der Waals surface area contributed by atoms with E-state index in [2.05, 4.69) is 100 Å². The average molecular weight is 625 g/mol. The van der Waals surface area contributed by atoms with Gasteiger partial charge in [-0.2, -0.15) is 10.5 Å². The van der Waals surface area contributed by atoms with Crippen LogP contribution < -0.4 is 0 Å². The van der Waals surface area contributed by atoms with E-state index in [1.807, 2.05) is 66.7 Å². The molecule has 0 amide bonds. The van der Waals surface area contributed by atoms with Gasteiger partial charge in [0.1, 0.15) is 23.3 Å². The number of furan rings is 1. The van der Waals surface area contributed by atoms with Crippen LogP contribution in [-0.2, 0) is 0 Å². The van der Waals surface area contributed by atoms with Crippen LogP contribution in [0.15, 0.2) is 150 Å². The Balaban J connectivity index is 1.31. The molecule has 0 saturated carbocycles. The second-order valence-electron chi connectivity index (χ2n) is 12.3. The zero-order valence-corrected chi connectivity index (χ0v) is 26.1. The summed E-state index contributed by atoms with van der Waals surface area (Å²) in [4.78, 5) is 0. The zero-order chi connectivity index (χ0) is 32.6. The number of benzene rings is 7. The molecule has 5 nitrogen and oxygen atoms in total. The molecule has 226 valence electrons. The first kappa shape index (κ1) is 27.1. The van der Waals surface area contributed by atoms with Gasteiger partial charge in [0.05, 0.1) is 44.6 Å². The van der Waals surface area contributed by atoms with Crippen LogP contribution in [0.3, 0.4) is 0 Å². The summed E-state index contributed by atoms with van der Waals surface area (Å²) in [5.74, 6) is 0. The van der Waals surface area contributed by atoms with Crippen molar-refractivity contribution in [3.05, 3.63) is 157 Å². The summed E-state index contributed by atoms with van der Waals surface area (Å²) in [6.07, 6.45) is 0. The second-order valence-corrected chi connectivity index (χ2v) is 12.3. The maximum atomic E-state index is 11.0. The number of aromatic nitrogens is 2. The van der Waals surface area contributed by atoms with Crippen LogP contribution in [-0.4, -0.2) is 9.13 Å². The van der Waals surface area contributed by atoms with Crippen LogP contribution in [0, 0.1) is 22.7 Å². The molecule has 0 N–H and O–H groups in total. The summed E-state index contributed by atoms with van der Waals surface area (Å²) < 4.78 is 10.7. The van der Waals surface area contributed by atoms with Gasteiger partial charge in [0.2, 0.25) is 0 Å². The molecule has 0 spiro atoms. The largest absolute Gasteiger partial charge is 0.456 e. The Kier molecular flexibility index (Phi) is 5.64. The number of nitriles is 2. The van der Waals surface area contributed by atoms with Crippen LogP contribution >= 0.6 is 0 Å². The van der Waals surface area contributed by atoms with Gasteiger partial charge in [-0.05, 0) is 48.5 Å². The molecule has 0 radical (unpaired) electrons. The van der Waals surface area contributed by atoms with Gasteiger partial charge < -0.3 is 13.6 Å². The fourth-order valence-electron chi connectivity index (χ4n) is 7.85. The van der Waals surface area contributed by atoms with Crippen molar-refractivity contribution in [3.8, 4) is 34.6 Å². The molecule has 3 aromatic heterocycles. The molecule has 10 aromatic rings. The van der Waals surface area contributed by atoms with Crippen LogP contribution in [0.4, 0.5) is 0 Å². The molecule has 0 aliphatic rings. The molecule has 0 fully saturated rings. The molecule has 0 bridgehead atoms. The van der Waals surface area contributed by atoms with Crippen molar-refractivity contribution >= 4 is 65.6 Å². The molecule has 0 saturated heterocycles. The first-order valence-electron chi connectivity index (χ1n) is 16.2. The van der Waals surface area contributed by atoms with Gasteiger partial charge in [0, 0.05) is 43.4 Å². The number of fused-ring (bicyclic) bond motifs is 10. The quantitative estimate of drug-likeness (QED) is 0.196. The Labute approximate surface area is 280 Å². The summed E-state index contributed by atoms with van der Waals surface area (Å²) in [6, 6.07) is 54.1. The van der Waals surface area contributed by atoms with Crippen molar-refractivity contribution in [1.29, 1.82) is 10.5 Å². The third-order valence-corrected chi connectivity index (χ3v) is 9.83. The molecule has 0 aliphatic heterocycles. The first-order valence-corrected chi connectivity index (χ1v) is 16.2. The molecule has 5 heteroatoms. The van der Waals surface area contributed by atoms with E-state index in [-0.39, 0.29) is 0 Å². The van der Waals surface area contributed by atoms with Crippen LogP contribution in [0.5, 0.6) is 0 Å². The van der Waals surface area contributed by atoms with Crippen LogP contribution in [0.2, 0.25) is 0 Å². The van der Waals surface area contributed by atoms with Gasteiger partial charge in [-0.3, -0.25) is 0 Å². The van der Waals surface area contributed by atoms with Gasteiger partial charge in [-0.1, -0.05) is 97.1 Å². The molecule has 0 atom stereocenters. The van der Waals surface area contributed by atoms with Crippen molar-refractivity contribution in [2.75, 3.05) is 0 Å². The SMILES string of the molecule is N#Cc1ccc(-c2ccccc2-n2c3ccccc3c3c4c(ccc32)oc2ccccc24)c(C#N)c1-n1c2ccccc2c2ccccc21. The van der Waals surface area contributed by atoms with E-state index >= 15 is 0 Å². The van der Waals surface area contributed by atoms with E-state index in [0.29, 0.717) is 16.8 Å². The lowest BCUT2D eigenvalue weighted by Crippen LogP contribution is -2.04. The predicted molar refractivity (Wildman–Crippen MR) is 197 cm³/mol. The normalized spacial score (nSPS) is 11.6. The van der Waals surface area contributed by atoms with E-state index in [1.165, 1.54) is 0 Å². The van der Waals surface area contributed by atoms with Crippen LogP contribution in [0.1, 0.15) is 11.1 Å². The van der Waals surface area contributed by atoms with Crippen molar-refractivity contribution in [2.24, 2.45) is 0 Å². The second kappa shape index (κ2) is 10.2. The highest BCUT2D eigenvalue weighted by molar-refractivity contribution is 6.27. The van der Waals surface area contributed by atoms with Gasteiger partial charge >= 0.3 is 0 Å². The third kappa shape index (κ3) is 3.67.